The first-order chi connectivity index (χ1) is 11.8. The van der Waals surface area contributed by atoms with E-state index in [9.17, 15) is 8.42 Å². The van der Waals surface area contributed by atoms with Crippen LogP contribution in [0, 0.1) is 5.92 Å². The summed E-state index contributed by atoms with van der Waals surface area (Å²) in [5.74, 6) is 1.44. The Balaban J connectivity index is 1.74. The van der Waals surface area contributed by atoms with Gasteiger partial charge in [-0.2, -0.15) is 0 Å². The molecule has 0 amide bonds. The van der Waals surface area contributed by atoms with Crippen LogP contribution < -0.4 is 14.2 Å². The molecule has 0 aliphatic carbocycles. The molecule has 7 heteroatoms. The van der Waals surface area contributed by atoms with Crippen LogP contribution in [0.3, 0.4) is 0 Å². The summed E-state index contributed by atoms with van der Waals surface area (Å²) in [6, 6.07) is 4.97. The second kappa shape index (κ2) is 7.13. The fourth-order valence-corrected chi connectivity index (χ4v) is 4.82. The number of benzene rings is 1. The number of nitrogens with zero attached hydrogens (tertiary/aromatic N) is 1. The molecule has 1 atom stereocenters. The number of sulfonamides is 1. The number of piperidine rings is 1. The normalized spacial score (nSPS) is 22.0. The van der Waals surface area contributed by atoms with Gasteiger partial charge in [-0.3, -0.25) is 4.90 Å². The quantitative estimate of drug-likeness (QED) is 0.863. The summed E-state index contributed by atoms with van der Waals surface area (Å²) in [6.45, 7) is 9.60. The van der Waals surface area contributed by atoms with Crippen LogP contribution in [0.4, 0.5) is 0 Å². The molecular weight excluding hydrogens is 340 g/mol. The Hall–Kier alpha value is -1.31. The van der Waals surface area contributed by atoms with Crippen molar-refractivity contribution in [3.63, 3.8) is 0 Å². The lowest BCUT2D eigenvalue weighted by Gasteiger charge is -2.43. The topological polar surface area (TPSA) is 67.9 Å². The van der Waals surface area contributed by atoms with E-state index < -0.39 is 10.0 Å². The van der Waals surface area contributed by atoms with Crippen molar-refractivity contribution >= 4 is 10.0 Å². The van der Waals surface area contributed by atoms with Crippen LogP contribution in [-0.4, -0.2) is 51.7 Å². The van der Waals surface area contributed by atoms with Gasteiger partial charge in [0.05, 0.1) is 0 Å². The van der Waals surface area contributed by atoms with Gasteiger partial charge < -0.3 is 9.47 Å². The first-order valence-corrected chi connectivity index (χ1v) is 10.4. The molecule has 1 aromatic carbocycles. The zero-order valence-corrected chi connectivity index (χ0v) is 16.1. The van der Waals surface area contributed by atoms with Crippen LogP contribution in [0.1, 0.15) is 33.6 Å². The Labute approximate surface area is 150 Å². The van der Waals surface area contributed by atoms with E-state index in [1.807, 2.05) is 0 Å². The Bertz CT molecular complexity index is 718. The third-order valence-corrected chi connectivity index (χ3v) is 6.45. The fraction of sp³-hybridized carbons (Fsp3) is 0.667. The minimum atomic E-state index is -3.67. The molecule has 2 aliphatic heterocycles. The smallest absolute Gasteiger partial charge is 0.244 e. The van der Waals surface area contributed by atoms with Gasteiger partial charge in [0, 0.05) is 18.6 Å². The summed E-state index contributed by atoms with van der Waals surface area (Å²) in [7, 11) is -3.67. The Morgan fingerprint density at radius 2 is 2.04 bits per heavy atom. The standard InChI is InChI=1S/C18H28N2O4S/c1-14-6-5-9-20(12-14)18(2,3)13-19-25(21,22)16-8-4-7-15-17(16)24-11-10-23-15/h4,7-8,14,19H,5-6,9-13H2,1-3H3/t14-/m0/s1. The monoisotopic (exact) mass is 368 g/mol. The molecule has 0 unspecified atom stereocenters. The summed E-state index contributed by atoms with van der Waals surface area (Å²) in [5.41, 5.74) is -0.242. The van der Waals surface area contributed by atoms with Crippen molar-refractivity contribution < 1.29 is 17.9 Å². The maximum Gasteiger partial charge on any atom is 0.244 e. The van der Waals surface area contributed by atoms with Gasteiger partial charge in [0.1, 0.15) is 18.1 Å². The van der Waals surface area contributed by atoms with Gasteiger partial charge in [-0.1, -0.05) is 13.0 Å². The molecule has 1 saturated heterocycles. The van der Waals surface area contributed by atoms with E-state index in [1.54, 1.807) is 18.2 Å². The van der Waals surface area contributed by atoms with Crippen LogP contribution >= 0.6 is 0 Å². The van der Waals surface area contributed by atoms with E-state index in [0.717, 1.165) is 19.5 Å². The van der Waals surface area contributed by atoms with Gasteiger partial charge in [-0.05, 0) is 51.3 Å². The lowest BCUT2D eigenvalue weighted by molar-refractivity contribution is 0.0746. The molecule has 25 heavy (non-hydrogen) atoms. The maximum absolute atomic E-state index is 12.8. The summed E-state index contributed by atoms with van der Waals surface area (Å²) < 4.78 is 39.5. The number of para-hydroxylation sites is 1. The van der Waals surface area contributed by atoms with Crippen LogP contribution in [0.15, 0.2) is 23.1 Å². The minimum absolute atomic E-state index is 0.146. The second-order valence-corrected chi connectivity index (χ2v) is 9.35. The highest BCUT2D eigenvalue weighted by Gasteiger charge is 2.32. The van der Waals surface area contributed by atoms with Crippen molar-refractivity contribution in [1.29, 1.82) is 0 Å². The molecule has 1 aromatic rings. The van der Waals surface area contributed by atoms with Crippen LogP contribution in [0.5, 0.6) is 11.5 Å². The van der Waals surface area contributed by atoms with E-state index in [0.29, 0.717) is 37.2 Å². The van der Waals surface area contributed by atoms with Crippen LogP contribution in [0.2, 0.25) is 0 Å². The predicted octanol–water partition coefficient (Wildman–Crippen LogP) is 2.25. The fourth-order valence-electron chi connectivity index (χ4n) is 3.46. The lowest BCUT2D eigenvalue weighted by Crippen LogP contribution is -2.54. The Morgan fingerprint density at radius 3 is 2.80 bits per heavy atom. The van der Waals surface area contributed by atoms with Gasteiger partial charge in [-0.25, -0.2) is 13.1 Å². The molecule has 1 fully saturated rings. The van der Waals surface area contributed by atoms with Crippen molar-refractivity contribution in [3.05, 3.63) is 18.2 Å². The maximum atomic E-state index is 12.8. The molecule has 1 N–H and O–H groups in total. The summed E-state index contributed by atoms with van der Waals surface area (Å²) in [6.07, 6.45) is 2.40. The molecule has 140 valence electrons. The molecule has 0 aromatic heterocycles. The summed E-state index contributed by atoms with van der Waals surface area (Å²) in [5, 5.41) is 0. The molecule has 2 heterocycles. The molecule has 3 rings (SSSR count). The largest absolute Gasteiger partial charge is 0.486 e. The van der Waals surface area contributed by atoms with Crippen molar-refractivity contribution in [2.45, 2.75) is 44.0 Å². The average molecular weight is 368 g/mol. The first-order valence-electron chi connectivity index (χ1n) is 8.93. The van der Waals surface area contributed by atoms with Gasteiger partial charge in [-0.15, -0.1) is 0 Å². The first kappa shape index (κ1) is 18.5. The van der Waals surface area contributed by atoms with Crippen molar-refractivity contribution in [3.8, 4) is 11.5 Å². The SMILES string of the molecule is C[C@H]1CCCN(C(C)(C)CNS(=O)(=O)c2cccc3c2OCCO3)C1. The highest BCUT2D eigenvalue weighted by molar-refractivity contribution is 7.89. The molecule has 2 aliphatic rings. The lowest BCUT2D eigenvalue weighted by atomic mass is 9.94. The van der Waals surface area contributed by atoms with Crippen molar-refractivity contribution in [2.75, 3.05) is 32.8 Å². The summed E-state index contributed by atoms with van der Waals surface area (Å²) >= 11 is 0. The van der Waals surface area contributed by atoms with E-state index in [-0.39, 0.29) is 10.4 Å². The van der Waals surface area contributed by atoms with Crippen LogP contribution in [0.25, 0.3) is 0 Å². The number of hydrogen-bond acceptors (Lipinski definition) is 5. The van der Waals surface area contributed by atoms with Gasteiger partial charge in [0.25, 0.3) is 0 Å². The third-order valence-electron chi connectivity index (χ3n) is 5.03. The van der Waals surface area contributed by atoms with E-state index in [4.69, 9.17) is 9.47 Å². The van der Waals surface area contributed by atoms with Gasteiger partial charge in [0.2, 0.25) is 10.0 Å². The molecular formula is C18H28N2O4S. The van der Waals surface area contributed by atoms with Crippen molar-refractivity contribution in [1.82, 2.24) is 9.62 Å². The molecule has 0 saturated carbocycles. The number of rotatable bonds is 5. The predicted molar refractivity (Wildman–Crippen MR) is 96.7 cm³/mol. The third kappa shape index (κ3) is 4.10. The van der Waals surface area contributed by atoms with E-state index >= 15 is 0 Å². The number of fused-ring (bicyclic) bond motifs is 1. The van der Waals surface area contributed by atoms with Crippen molar-refractivity contribution in [2.24, 2.45) is 5.92 Å². The molecule has 0 radical (unpaired) electrons. The zero-order chi connectivity index (χ0) is 18.1. The van der Waals surface area contributed by atoms with E-state index in [2.05, 4.69) is 30.4 Å². The Morgan fingerprint density at radius 1 is 1.28 bits per heavy atom. The highest BCUT2D eigenvalue weighted by atomic mass is 32.2. The minimum Gasteiger partial charge on any atom is -0.486 e. The molecule has 0 bridgehead atoms. The van der Waals surface area contributed by atoms with E-state index in [1.165, 1.54) is 6.42 Å². The zero-order valence-electron chi connectivity index (χ0n) is 15.2. The number of ether oxygens (including phenoxy) is 2. The molecule has 0 spiro atoms. The molecule has 6 nitrogen and oxygen atoms in total. The summed E-state index contributed by atoms with van der Waals surface area (Å²) in [4.78, 5) is 2.52. The van der Waals surface area contributed by atoms with Gasteiger partial charge in [0.15, 0.2) is 11.5 Å². The Kier molecular flexibility index (Phi) is 5.27. The average Bonchev–Trinajstić information content (AvgIpc) is 2.60. The number of likely N-dealkylation sites (tertiary alicyclic amines) is 1. The van der Waals surface area contributed by atoms with Crippen LogP contribution in [-0.2, 0) is 10.0 Å². The highest BCUT2D eigenvalue weighted by Crippen LogP contribution is 2.36. The number of hydrogen-bond donors (Lipinski definition) is 1. The van der Waals surface area contributed by atoms with Gasteiger partial charge >= 0.3 is 0 Å². The second-order valence-electron chi connectivity index (χ2n) is 7.61. The number of nitrogens with one attached hydrogen (secondary N) is 1.